The molecule has 4 rings (SSSR count). The number of piperidine rings is 1. The van der Waals surface area contributed by atoms with Gasteiger partial charge in [-0.1, -0.05) is 30.3 Å². The summed E-state index contributed by atoms with van der Waals surface area (Å²) in [5.74, 6) is -1.41. The van der Waals surface area contributed by atoms with Gasteiger partial charge in [-0.25, -0.2) is 0 Å². The van der Waals surface area contributed by atoms with Crippen LogP contribution < -0.4 is 15.0 Å². The van der Waals surface area contributed by atoms with Crippen LogP contribution in [0.5, 0.6) is 5.75 Å². The molecule has 0 aliphatic carbocycles. The van der Waals surface area contributed by atoms with Gasteiger partial charge in [-0.05, 0) is 72.4 Å². The molecule has 0 atom stereocenters. The zero-order valence-electron chi connectivity index (χ0n) is 23.1. The Hall–Kier alpha value is -4.56. The van der Waals surface area contributed by atoms with Crippen molar-refractivity contribution in [3.8, 4) is 11.8 Å². The normalized spacial score (nSPS) is 13.7. The van der Waals surface area contributed by atoms with E-state index in [-0.39, 0.29) is 38.3 Å². The van der Waals surface area contributed by atoms with E-state index < -0.39 is 12.1 Å². The minimum absolute atomic E-state index is 0.00544. The number of alkyl halides is 3. The van der Waals surface area contributed by atoms with Gasteiger partial charge in [0.05, 0.1) is 18.2 Å². The molecule has 1 saturated heterocycles. The molecule has 2 amide bonds. The molecule has 3 aromatic carbocycles. The predicted octanol–water partition coefficient (Wildman–Crippen LogP) is 5.45. The van der Waals surface area contributed by atoms with E-state index in [4.69, 9.17) is 9.47 Å². The van der Waals surface area contributed by atoms with Gasteiger partial charge in [0.1, 0.15) is 5.75 Å². The molecule has 1 aliphatic rings. The highest BCUT2D eigenvalue weighted by atomic mass is 19.4. The molecular weight excluding hydrogens is 549 g/mol. The molecule has 0 unspecified atom stereocenters. The first kappa shape index (κ1) is 30.4. The molecular formula is C31H31F3N4O4. The first-order valence-electron chi connectivity index (χ1n) is 13.4. The zero-order chi connectivity index (χ0) is 30.1. The van der Waals surface area contributed by atoms with Crippen molar-refractivity contribution >= 4 is 23.2 Å². The van der Waals surface area contributed by atoms with Crippen molar-refractivity contribution in [1.29, 1.82) is 5.26 Å². The number of amides is 2. The average Bonchev–Trinajstić information content (AvgIpc) is 2.99. The van der Waals surface area contributed by atoms with Crippen molar-refractivity contribution < 1.29 is 32.2 Å². The lowest BCUT2D eigenvalue weighted by molar-refractivity contribution is -0.186. The summed E-state index contributed by atoms with van der Waals surface area (Å²) in [6, 6.07) is 23.8. The molecule has 0 aromatic heterocycles. The largest absolute Gasteiger partial charge is 0.471 e. The second kappa shape index (κ2) is 13.9. The van der Waals surface area contributed by atoms with Crippen LogP contribution in [0.1, 0.15) is 35.4 Å². The minimum Gasteiger partial charge on any atom is -0.468 e. The lowest BCUT2D eigenvalue weighted by Gasteiger charge is -2.32. The number of rotatable bonds is 10. The Kier molecular flexibility index (Phi) is 10.0. The predicted molar refractivity (Wildman–Crippen MR) is 151 cm³/mol. The molecule has 0 radical (unpaired) electrons. The molecule has 220 valence electrons. The number of hydrogen-bond acceptors (Lipinski definition) is 6. The summed E-state index contributed by atoms with van der Waals surface area (Å²) in [6.45, 7) is 0.583. The first-order valence-corrected chi connectivity index (χ1v) is 13.4. The Morgan fingerprint density at radius 1 is 1.05 bits per heavy atom. The van der Waals surface area contributed by atoms with Gasteiger partial charge in [-0.15, -0.1) is 0 Å². The molecule has 3 aromatic rings. The van der Waals surface area contributed by atoms with Crippen LogP contribution in [0.4, 0.5) is 24.5 Å². The van der Waals surface area contributed by atoms with Crippen molar-refractivity contribution in [3.63, 3.8) is 0 Å². The molecule has 8 nitrogen and oxygen atoms in total. The fourth-order valence-corrected chi connectivity index (χ4v) is 4.90. The summed E-state index contributed by atoms with van der Waals surface area (Å²) >= 11 is 0. The summed E-state index contributed by atoms with van der Waals surface area (Å²) in [7, 11) is 1.54. The van der Waals surface area contributed by atoms with E-state index in [9.17, 15) is 28.0 Å². The Morgan fingerprint density at radius 2 is 1.76 bits per heavy atom. The maximum Gasteiger partial charge on any atom is 0.471 e. The van der Waals surface area contributed by atoms with Gasteiger partial charge >= 0.3 is 12.1 Å². The van der Waals surface area contributed by atoms with Crippen LogP contribution in [0.25, 0.3) is 0 Å². The highest BCUT2D eigenvalue weighted by molar-refractivity contribution is 5.94. The summed E-state index contributed by atoms with van der Waals surface area (Å²) in [4.78, 5) is 27.3. The van der Waals surface area contributed by atoms with Gasteiger partial charge in [0.15, 0.2) is 6.79 Å². The number of carbonyl (C=O) groups excluding carboxylic acids is 2. The molecule has 1 aliphatic heterocycles. The standard InChI is InChI=1S/C31H31F3N4O4/c1-41-21-42-28-7-3-5-23(17-28)19-38(27-6-2-4-22(16-27)18-35)20-29(39)36-26-10-8-24(9-11-26)25-12-14-37(15-13-25)30(40)31(32,33)34/h2-11,16-17,25H,12-15,19-21H2,1H3,(H,36,39). The second-order valence-corrected chi connectivity index (χ2v) is 9.95. The third-order valence-corrected chi connectivity index (χ3v) is 6.98. The maximum absolute atomic E-state index is 13.1. The number of halogens is 3. The zero-order valence-corrected chi connectivity index (χ0v) is 23.1. The third kappa shape index (κ3) is 8.24. The molecule has 0 saturated carbocycles. The molecule has 1 N–H and O–H groups in total. The van der Waals surface area contributed by atoms with Crippen LogP contribution in [-0.2, 0) is 20.9 Å². The van der Waals surface area contributed by atoms with Crippen molar-refractivity contribution in [3.05, 3.63) is 89.5 Å². The van der Waals surface area contributed by atoms with Crippen LogP contribution in [0.2, 0.25) is 0 Å². The first-order chi connectivity index (χ1) is 20.2. The molecule has 0 bridgehead atoms. The molecule has 42 heavy (non-hydrogen) atoms. The number of methoxy groups -OCH3 is 1. The van der Waals surface area contributed by atoms with Crippen molar-refractivity contribution in [2.45, 2.75) is 31.5 Å². The number of likely N-dealkylation sites (tertiary alicyclic amines) is 1. The Bertz CT molecular complexity index is 1410. The fraction of sp³-hybridized carbons (Fsp3) is 0.323. The number of nitrogens with one attached hydrogen (secondary N) is 1. The number of anilines is 2. The number of nitrogens with zero attached hydrogens (tertiary/aromatic N) is 3. The Morgan fingerprint density at radius 3 is 2.43 bits per heavy atom. The van der Waals surface area contributed by atoms with Crippen LogP contribution in [0.3, 0.4) is 0 Å². The van der Waals surface area contributed by atoms with Crippen molar-refractivity contribution in [2.24, 2.45) is 0 Å². The lowest BCUT2D eigenvalue weighted by Crippen LogP contribution is -2.45. The SMILES string of the molecule is COCOc1cccc(CN(CC(=O)Nc2ccc(C3CCN(C(=O)C(F)(F)F)CC3)cc2)c2cccc(C#N)c2)c1. The van der Waals surface area contributed by atoms with E-state index in [1.54, 1.807) is 30.3 Å². The molecule has 1 heterocycles. The summed E-state index contributed by atoms with van der Waals surface area (Å²) in [5, 5.41) is 12.3. The summed E-state index contributed by atoms with van der Waals surface area (Å²) in [6.07, 6.45) is -3.99. The minimum atomic E-state index is -4.86. The molecule has 0 spiro atoms. The van der Waals surface area contributed by atoms with E-state index >= 15 is 0 Å². The molecule has 1 fully saturated rings. The summed E-state index contributed by atoms with van der Waals surface area (Å²) < 4.78 is 48.7. The fourth-order valence-electron chi connectivity index (χ4n) is 4.90. The number of hydrogen-bond donors (Lipinski definition) is 1. The van der Waals surface area contributed by atoms with Crippen LogP contribution in [-0.4, -0.2) is 56.4 Å². The third-order valence-electron chi connectivity index (χ3n) is 6.98. The highest BCUT2D eigenvalue weighted by Crippen LogP contribution is 2.31. The second-order valence-electron chi connectivity index (χ2n) is 9.95. The van der Waals surface area contributed by atoms with Crippen LogP contribution in [0.15, 0.2) is 72.8 Å². The number of ether oxygens (including phenoxy) is 2. The van der Waals surface area contributed by atoms with Crippen LogP contribution >= 0.6 is 0 Å². The van der Waals surface area contributed by atoms with Gasteiger partial charge < -0.3 is 24.6 Å². The van der Waals surface area contributed by atoms with E-state index in [1.165, 1.54) is 7.11 Å². The Balaban J connectivity index is 1.40. The average molecular weight is 581 g/mol. The van der Waals surface area contributed by atoms with Gasteiger partial charge in [0.25, 0.3) is 0 Å². The quantitative estimate of drug-likeness (QED) is 0.321. The van der Waals surface area contributed by atoms with E-state index in [1.807, 2.05) is 47.4 Å². The van der Waals surface area contributed by atoms with Crippen LogP contribution in [0, 0.1) is 11.3 Å². The van der Waals surface area contributed by atoms with Gasteiger partial charge in [-0.3, -0.25) is 9.59 Å². The number of nitriles is 1. The van der Waals surface area contributed by atoms with Crippen molar-refractivity contribution in [2.75, 3.05) is 43.8 Å². The lowest BCUT2D eigenvalue weighted by atomic mass is 9.89. The van der Waals surface area contributed by atoms with E-state index in [2.05, 4.69) is 11.4 Å². The number of carbonyl (C=O) groups is 2. The molecule has 11 heteroatoms. The smallest absolute Gasteiger partial charge is 0.468 e. The van der Waals surface area contributed by atoms with Gasteiger partial charge in [0.2, 0.25) is 5.91 Å². The number of benzene rings is 3. The summed E-state index contributed by atoms with van der Waals surface area (Å²) in [5.41, 5.74) is 3.59. The highest BCUT2D eigenvalue weighted by Gasteiger charge is 2.43. The van der Waals surface area contributed by atoms with E-state index in [0.717, 1.165) is 16.0 Å². The monoisotopic (exact) mass is 580 g/mol. The van der Waals surface area contributed by atoms with Crippen molar-refractivity contribution in [1.82, 2.24) is 4.90 Å². The van der Waals surface area contributed by atoms with Gasteiger partial charge in [0, 0.05) is 38.1 Å². The topological polar surface area (TPSA) is 94.9 Å². The maximum atomic E-state index is 13.1. The van der Waals surface area contributed by atoms with Gasteiger partial charge in [-0.2, -0.15) is 18.4 Å². The van der Waals surface area contributed by atoms with E-state index in [0.29, 0.717) is 42.1 Å². The Labute approximate surface area is 242 Å².